The lowest BCUT2D eigenvalue weighted by Gasteiger charge is -2.01. The fraction of sp³-hybridized carbons (Fsp3) is 0. The van der Waals surface area contributed by atoms with Gasteiger partial charge >= 0.3 is 0 Å². The highest BCUT2D eigenvalue weighted by atomic mass is 19.1. The van der Waals surface area contributed by atoms with Crippen molar-refractivity contribution in [2.75, 3.05) is 0 Å². The van der Waals surface area contributed by atoms with Gasteiger partial charge in [0, 0.05) is 24.0 Å². The van der Waals surface area contributed by atoms with Crippen LogP contribution in [0.3, 0.4) is 0 Å². The summed E-state index contributed by atoms with van der Waals surface area (Å²) in [5.74, 6) is -0.505. The summed E-state index contributed by atoms with van der Waals surface area (Å²) in [5, 5.41) is 8.68. The van der Waals surface area contributed by atoms with Crippen molar-refractivity contribution in [3.63, 3.8) is 0 Å². The summed E-state index contributed by atoms with van der Waals surface area (Å²) in [6.07, 6.45) is 3.18. The van der Waals surface area contributed by atoms with Crippen LogP contribution in [0.15, 0.2) is 36.7 Å². The second-order valence-corrected chi connectivity index (χ2v) is 2.98. The number of aromatic nitrogens is 1. The first kappa shape index (κ1) is 9.35. The summed E-state index contributed by atoms with van der Waals surface area (Å²) >= 11 is 0. The predicted molar refractivity (Wildman–Crippen MR) is 53.2 cm³/mol. The summed E-state index contributed by atoms with van der Waals surface area (Å²) in [5.41, 5.74) is 1.61. The molecule has 0 unspecified atom stereocenters. The van der Waals surface area contributed by atoms with Gasteiger partial charge in [0.05, 0.1) is 5.56 Å². The Labute approximate surface area is 86.6 Å². The van der Waals surface area contributed by atoms with Crippen LogP contribution in [0.5, 0.6) is 0 Å². The lowest BCUT2D eigenvalue weighted by atomic mass is 10.1. The van der Waals surface area contributed by atoms with E-state index in [1.54, 1.807) is 24.4 Å². The molecule has 0 aliphatic rings. The van der Waals surface area contributed by atoms with Crippen molar-refractivity contribution in [2.24, 2.45) is 0 Å². The van der Waals surface area contributed by atoms with Gasteiger partial charge in [-0.3, -0.25) is 4.98 Å². The molecule has 2 nitrogen and oxygen atoms in total. The molecule has 1 aromatic heterocycles. The molecular weight excluding hydrogens is 191 g/mol. The van der Waals surface area contributed by atoms with Crippen molar-refractivity contribution in [1.82, 2.24) is 4.98 Å². The Morgan fingerprint density at radius 3 is 2.87 bits per heavy atom. The summed E-state index contributed by atoms with van der Waals surface area (Å²) < 4.78 is 13.0. The van der Waals surface area contributed by atoms with Gasteiger partial charge in [-0.2, -0.15) is 5.26 Å². The van der Waals surface area contributed by atoms with E-state index >= 15 is 0 Å². The van der Waals surface area contributed by atoms with Gasteiger partial charge in [0.25, 0.3) is 0 Å². The standard InChI is InChI=1S/C12H6FN2/c13-12-4-3-9(6-11(12)7-14)10-2-1-5-15-8-10/h2-6,8H. The molecule has 0 atom stereocenters. The molecule has 1 aromatic carbocycles. The van der Waals surface area contributed by atoms with Crippen molar-refractivity contribution in [3.8, 4) is 17.2 Å². The number of benzene rings is 1. The highest BCUT2D eigenvalue weighted by Crippen LogP contribution is 2.20. The molecule has 0 saturated carbocycles. The van der Waals surface area contributed by atoms with Gasteiger partial charge in [-0.15, -0.1) is 0 Å². The van der Waals surface area contributed by atoms with E-state index < -0.39 is 5.82 Å². The lowest BCUT2D eigenvalue weighted by Crippen LogP contribution is -1.85. The molecule has 0 saturated heterocycles. The van der Waals surface area contributed by atoms with E-state index in [4.69, 9.17) is 5.26 Å². The Morgan fingerprint density at radius 1 is 1.33 bits per heavy atom. The Hall–Kier alpha value is -2.21. The fourth-order valence-corrected chi connectivity index (χ4v) is 1.27. The van der Waals surface area contributed by atoms with E-state index in [9.17, 15) is 4.39 Å². The molecule has 2 aromatic rings. The Kier molecular flexibility index (Phi) is 2.42. The van der Waals surface area contributed by atoms with Gasteiger partial charge < -0.3 is 0 Å². The molecule has 0 amide bonds. The molecule has 15 heavy (non-hydrogen) atoms. The second kappa shape index (κ2) is 3.89. The average molecular weight is 197 g/mol. The number of nitriles is 1. The van der Waals surface area contributed by atoms with Gasteiger partial charge in [-0.1, -0.05) is 6.07 Å². The second-order valence-electron chi connectivity index (χ2n) is 2.98. The molecule has 3 heteroatoms. The normalized spacial score (nSPS) is 9.60. The minimum Gasteiger partial charge on any atom is -0.263 e. The molecular formula is C12H6FN2. The fourth-order valence-electron chi connectivity index (χ4n) is 1.27. The van der Waals surface area contributed by atoms with Crippen molar-refractivity contribution in [2.45, 2.75) is 0 Å². The molecule has 1 heterocycles. The highest BCUT2D eigenvalue weighted by Gasteiger charge is 2.03. The van der Waals surface area contributed by atoms with E-state index in [2.05, 4.69) is 11.1 Å². The molecule has 2 rings (SSSR count). The smallest absolute Gasteiger partial charge is 0.140 e. The maximum Gasteiger partial charge on any atom is 0.140 e. The van der Waals surface area contributed by atoms with Crippen LogP contribution in [-0.2, 0) is 0 Å². The Morgan fingerprint density at radius 2 is 2.20 bits per heavy atom. The summed E-state index contributed by atoms with van der Waals surface area (Å²) in [6, 6.07) is 10.8. The number of pyridine rings is 1. The van der Waals surface area contributed by atoms with Crippen molar-refractivity contribution in [3.05, 3.63) is 54.1 Å². The SMILES string of the molecule is N#Cc1cc(-c2c[c]cnc2)ccc1F. The monoisotopic (exact) mass is 197 g/mol. The third kappa shape index (κ3) is 1.84. The van der Waals surface area contributed by atoms with Crippen LogP contribution in [0.2, 0.25) is 0 Å². The Bertz CT molecular complexity index is 515. The average Bonchev–Trinajstić information content (AvgIpc) is 2.31. The number of halogens is 1. The first-order chi connectivity index (χ1) is 7.31. The largest absolute Gasteiger partial charge is 0.263 e. The molecule has 0 aliphatic heterocycles. The molecule has 0 fully saturated rings. The molecule has 1 radical (unpaired) electrons. The highest BCUT2D eigenvalue weighted by molar-refractivity contribution is 5.64. The van der Waals surface area contributed by atoms with Crippen molar-refractivity contribution in [1.29, 1.82) is 5.26 Å². The van der Waals surface area contributed by atoms with Crippen LogP contribution >= 0.6 is 0 Å². The van der Waals surface area contributed by atoms with Crippen LogP contribution in [-0.4, -0.2) is 4.98 Å². The maximum atomic E-state index is 13.0. The maximum absolute atomic E-state index is 13.0. The van der Waals surface area contributed by atoms with Gasteiger partial charge in [-0.05, 0) is 23.8 Å². The van der Waals surface area contributed by atoms with Crippen LogP contribution in [0.25, 0.3) is 11.1 Å². The quantitative estimate of drug-likeness (QED) is 0.704. The van der Waals surface area contributed by atoms with Gasteiger partial charge in [-0.25, -0.2) is 4.39 Å². The van der Waals surface area contributed by atoms with Gasteiger partial charge in [0.1, 0.15) is 11.9 Å². The molecule has 71 valence electrons. The van der Waals surface area contributed by atoms with Crippen LogP contribution in [0.1, 0.15) is 5.56 Å². The van der Waals surface area contributed by atoms with E-state index in [1.807, 2.05) is 0 Å². The predicted octanol–water partition coefficient (Wildman–Crippen LogP) is 2.56. The topological polar surface area (TPSA) is 36.7 Å². The number of nitrogens with zero attached hydrogens (tertiary/aromatic N) is 2. The van der Waals surface area contributed by atoms with E-state index in [1.165, 1.54) is 18.3 Å². The first-order valence-electron chi connectivity index (χ1n) is 4.32. The minimum absolute atomic E-state index is 0.0383. The van der Waals surface area contributed by atoms with Crippen molar-refractivity contribution < 1.29 is 4.39 Å². The number of hydrogen-bond donors (Lipinski definition) is 0. The minimum atomic E-state index is -0.505. The zero-order chi connectivity index (χ0) is 10.7. The van der Waals surface area contributed by atoms with Gasteiger partial charge in [0.15, 0.2) is 0 Å². The van der Waals surface area contributed by atoms with Crippen LogP contribution in [0.4, 0.5) is 4.39 Å². The summed E-state index contributed by atoms with van der Waals surface area (Å²) in [6.45, 7) is 0. The van der Waals surface area contributed by atoms with Crippen molar-refractivity contribution >= 4 is 0 Å². The van der Waals surface area contributed by atoms with E-state index in [0.717, 1.165) is 11.1 Å². The third-order valence-corrected chi connectivity index (χ3v) is 2.02. The first-order valence-corrected chi connectivity index (χ1v) is 4.32. The van der Waals surface area contributed by atoms with Gasteiger partial charge in [0.2, 0.25) is 0 Å². The van der Waals surface area contributed by atoms with Crippen LogP contribution in [0, 0.1) is 23.2 Å². The molecule has 0 spiro atoms. The van der Waals surface area contributed by atoms with Crippen LogP contribution < -0.4 is 0 Å². The Balaban J connectivity index is 2.52. The number of rotatable bonds is 1. The number of hydrogen-bond acceptors (Lipinski definition) is 2. The third-order valence-electron chi connectivity index (χ3n) is 2.02. The molecule has 0 N–H and O–H groups in total. The lowest BCUT2D eigenvalue weighted by molar-refractivity contribution is 0.624. The molecule has 0 bridgehead atoms. The molecule has 0 aliphatic carbocycles. The summed E-state index contributed by atoms with van der Waals surface area (Å²) in [4.78, 5) is 3.91. The van der Waals surface area contributed by atoms with E-state index in [0.29, 0.717) is 0 Å². The zero-order valence-corrected chi connectivity index (χ0v) is 7.74. The zero-order valence-electron chi connectivity index (χ0n) is 7.74. The van der Waals surface area contributed by atoms with E-state index in [-0.39, 0.29) is 5.56 Å². The summed E-state index contributed by atoms with van der Waals surface area (Å²) in [7, 11) is 0.